The van der Waals surface area contributed by atoms with Crippen LogP contribution in [0.5, 0.6) is 0 Å². The number of aromatic nitrogens is 1. The Morgan fingerprint density at radius 1 is 1.10 bits per heavy atom. The van der Waals surface area contributed by atoms with Crippen LogP contribution in [0.4, 0.5) is 4.79 Å². The molecule has 63 heavy (non-hydrogen) atoms. The number of carbonyl (C=O) groups excluding carboxylic acids is 3. The van der Waals surface area contributed by atoms with Gasteiger partial charge in [-0.05, 0) is 57.2 Å². The minimum absolute atomic E-state index is 0.0869. The third kappa shape index (κ3) is 8.46. The van der Waals surface area contributed by atoms with E-state index in [1.807, 2.05) is 51.1 Å². The summed E-state index contributed by atoms with van der Waals surface area (Å²) in [6, 6.07) is 8.33. The fourth-order valence-corrected chi connectivity index (χ4v) is 11.9. The Kier molecular flexibility index (Phi) is 12.7. The van der Waals surface area contributed by atoms with E-state index in [0.29, 0.717) is 56.8 Å². The number of morpholine rings is 1. The van der Waals surface area contributed by atoms with Crippen LogP contribution in [0.1, 0.15) is 92.0 Å². The van der Waals surface area contributed by atoms with Crippen molar-refractivity contribution in [1.82, 2.24) is 15.2 Å². The Labute approximate surface area is 372 Å². The Morgan fingerprint density at radius 2 is 1.83 bits per heavy atom. The van der Waals surface area contributed by atoms with Gasteiger partial charge in [0.25, 0.3) is 0 Å². The summed E-state index contributed by atoms with van der Waals surface area (Å²) >= 11 is 1.23. The van der Waals surface area contributed by atoms with Crippen LogP contribution in [-0.4, -0.2) is 137 Å². The molecular formula is C46H63N3O13S. The molecule has 8 rings (SSSR count). The number of alkyl carbamates (subject to hydrolysis) is 1. The van der Waals surface area contributed by atoms with Crippen molar-refractivity contribution in [3.63, 3.8) is 0 Å². The van der Waals surface area contributed by atoms with E-state index < -0.39 is 101 Å². The fraction of sp³-hybridized carbons (Fsp3) is 0.696. The van der Waals surface area contributed by atoms with Crippen molar-refractivity contribution < 1.29 is 62.5 Å². The zero-order valence-corrected chi connectivity index (χ0v) is 38.3. The van der Waals surface area contributed by atoms with Crippen molar-refractivity contribution in [1.29, 1.82) is 0 Å². The molecule has 1 amide bonds. The first kappa shape index (κ1) is 46.0. The highest BCUT2D eigenvalue weighted by molar-refractivity contribution is 7.07. The molecule has 1 aromatic heterocycles. The highest BCUT2D eigenvalue weighted by atomic mass is 32.1. The van der Waals surface area contributed by atoms with Crippen molar-refractivity contribution in [3.05, 3.63) is 63.6 Å². The highest BCUT2D eigenvalue weighted by Crippen LogP contribution is 2.66. The summed E-state index contributed by atoms with van der Waals surface area (Å²) in [7, 11) is 0. The molecule has 3 saturated heterocycles. The molecule has 0 spiro atoms. The Bertz CT molecular complexity index is 2020. The van der Waals surface area contributed by atoms with Gasteiger partial charge in [-0.3, -0.25) is 9.69 Å². The van der Waals surface area contributed by atoms with Crippen molar-refractivity contribution in [2.75, 3.05) is 39.5 Å². The summed E-state index contributed by atoms with van der Waals surface area (Å²) < 4.78 is 51.5. The van der Waals surface area contributed by atoms with Crippen LogP contribution in [-0.2, 0) is 54.1 Å². The first-order chi connectivity index (χ1) is 29.8. The number of ether oxygens (including phenoxy) is 8. The van der Waals surface area contributed by atoms with Gasteiger partial charge in [0, 0.05) is 55.1 Å². The van der Waals surface area contributed by atoms with E-state index in [1.54, 1.807) is 26.2 Å². The first-order valence-electron chi connectivity index (χ1n) is 22.0. The average Bonchev–Trinajstić information content (AvgIpc) is 3.90. The Hall–Kier alpha value is -3.52. The second-order valence-corrected chi connectivity index (χ2v) is 20.5. The molecule has 3 aliphatic carbocycles. The number of hydrogen-bond donors (Lipinski definition) is 3. The molecular weight excluding hydrogens is 835 g/mol. The smallest absolute Gasteiger partial charge is 0.408 e. The number of amides is 1. The summed E-state index contributed by atoms with van der Waals surface area (Å²) in [4.78, 5) is 47.2. The SMILES string of the molecule is CC(=O)O[C@@]12CO[C@@H]1CC[C@@]1(C)[C@@H]3O[C@H](CN4CCOCC4)O[C@@H]3C3=C(C)[C@@H](OC(=O)[C@H](O)[C@@H](NC(=O)OC(C)(C)C)c4cscn4)C[C@@](O)([C@@H](OCc4ccccc4)[C@@H]12)C3(C)C. The van der Waals surface area contributed by atoms with Crippen LogP contribution in [0.25, 0.3) is 0 Å². The van der Waals surface area contributed by atoms with Crippen molar-refractivity contribution in [2.24, 2.45) is 16.7 Å². The highest BCUT2D eigenvalue weighted by Gasteiger charge is 2.76. The number of esters is 2. The fourth-order valence-electron chi connectivity index (χ4n) is 11.3. The largest absolute Gasteiger partial charge is 0.456 e. The lowest BCUT2D eigenvalue weighted by Crippen LogP contribution is -2.79. The maximum Gasteiger partial charge on any atom is 0.408 e. The molecule has 16 nitrogen and oxygen atoms in total. The number of carbonyl (C=O) groups is 3. The van der Waals surface area contributed by atoms with Crippen LogP contribution < -0.4 is 5.32 Å². The summed E-state index contributed by atoms with van der Waals surface area (Å²) in [6.45, 7) is 17.7. The molecule has 2 bridgehead atoms. The van der Waals surface area contributed by atoms with E-state index >= 15 is 0 Å². The van der Waals surface area contributed by atoms with E-state index in [-0.39, 0.29) is 25.3 Å². The lowest BCUT2D eigenvalue weighted by atomic mass is 9.45. The van der Waals surface area contributed by atoms with Gasteiger partial charge in [0.15, 0.2) is 18.0 Å². The molecule has 6 aliphatic rings. The minimum atomic E-state index is -1.92. The maximum atomic E-state index is 14.4. The second kappa shape index (κ2) is 17.4. The number of benzene rings is 1. The van der Waals surface area contributed by atoms with Crippen molar-refractivity contribution in [2.45, 2.75) is 147 Å². The number of fused-ring (bicyclic) bond motifs is 8. The molecule has 0 unspecified atom stereocenters. The van der Waals surface area contributed by atoms with Crippen LogP contribution >= 0.6 is 11.3 Å². The van der Waals surface area contributed by atoms with E-state index in [4.69, 9.17) is 37.9 Å². The third-order valence-corrected chi connectivity index (χ3v) is 15.0. The quantitative estimate of drug-likeness (QED) is 0.161. The van der Waals surface area contributed by atoms with E-state index in [0.717, 1.165) is 5.56 Å². The van der Waals surface area contributed by atoms with Crippen LogP contribution in [0, 0.1) is 16.7 Å². The molecule has 2 saturated carbocycles. The third-order valence-electron chi connectivity index (χ3n) is 14.4. The Balaban J connectivity index is 1.24. The number of aliphatic hydroxyl groups is 2. The van der Waals surface area contributed by atoms with Gasteiger partial charge >= 0.3 is 18.0 Å². The predicted octanol–water partition coefficient (Wildman–Crippen LogP) is 4.62. The molecule has 346 valence electrons. The lowest BCUT2D eigenvalue weighted by Gasteiger charge is -2.68. The summed E-state index contributed by atoms with van der Waals surface area (Å²) in [5, 5.41) is 30.0. The molecule has 3 aliphatic heterocycles. The van der Waals surface area contributed by atoms with Crippen LogP contribution in [0.3, 0.4) is 0 Å². The van der Waals surface area contributed by atoms with Gasteiger partial charge in [0.05, 0.1) is 49.8 Å². The van der Waals surface area contributed by atoms with Gasteiger partial charge in [0.1, 0.15) is 35.6 Å². The van der Waals surface area contributed by atoms with Gasteiger partial charge in [-0.15, -0.1) is 11.3 Å². The van der Waals surface area contributed by atoms with Crippen LogP contribution in [0.2, 0.25) is 0 Å². The molecule has 3 N–H and O–H groups in total. The van der Waals surface area contributed by atoms with Crippen molar-refractivity contribution in [3.8, 4) is 0 Å². The average molecular weight is 898 g/mol. The van der Waals surface area contributed by atoms with Gasteiger partial charge in [-0.25, -0.2) is 14.6 Å². The molecule has 12 atom stereocenters. The molecule has 5 fully saturated rings. The van der Waals surface area contributed by atoms with Gasteiger partial charge in [0.2, 0.25) is 0 Å². The maximum absolute atomic E-state index is 14.4. The molecule has 0 radical (unpaired) electrons. The Morgan fingerprint density at radius 3 is 2.46 bits per heavy atom. The molecule has 1 aromatic carbocycles. The zero-order chi connectivity index (χ0) is 45.1. The number of nitrogens with one attached hydrogen (secondary N) is 1. The normalized spacial score (nSPS) is 35.9. The number of nitrogens with zero attached hydrogens (tertiary/aromatic N) is 2. The number of hydrogen-bond acceptors (Lipinski definition) is 16. The van der Waals surface area contributed by atoms with Gasteiger partial charge < -0.3 is 53.4 Å². The monoisotopic (exact) mass is 897 g/mol. The topological polar surface area (TPSA) is 194 Å². The standard InChI is InChI=1S/C46H63N3O13S/c1-26-30(58-40(52)35(51)34(29-23-63-25-47-29)48-41(53)62-42(3,4)5)20-46(54)39(56-22-28-12-10-9-11-13-28)37-44(8,15-14-31-45(37,24-57-31)61-27(2)50)38-36(33(26)43(46,6)7)59-32(60-38)21-49-16-18-55-19-17-49/h9-13,23,25,30-32,34-39,51,54H,14-22,24H2,1-8H3,(H,48,53)/t30-,31+,32+,34-,35+,36+,37-,38+,39-,44+,45-,46+/m0/s1. The summed E-state index contributed by atoms with van der Waals surface area (Å²) in [6.07, 6.45) is -6.47. The van der Waals surface area contributed by atoms with Gasteiger partial charge in [-0.1, -0.05) is 51.1 Å². The number of aliphatic hydroxyl groups excluding tert-OH is 1. The predicted molar refractivity (Wildman–Crippen MR) is 227 cm³/mol. The van der Waals surface area contributed by atoms with E-state index in [2.05, 4.69) is 22.1 Å². The second-order valence-electron chi connectivity index (χ2n) is 19.8. The molecule has 2 aromatic rings. The van der Waals surface area contributed by atoms with Crippen LogP contribution in [0.15, 0.2) is 52.4 Å². The van der Waals surface area contributed by atoms with Gasteiger partial charge in [-0.2, -0.15) is 0 Å². The minimum Gasteiger partial charge on any atom is -0.456 e. The summed E-state index contributed by atoms with van der Waals surface area (Å²) in [5.41, 5.74) is -1.86. The number of thiazole rings is 1. The summed E-state index contributed by atoms with van der Waals surface area (Å²) in [5.74, 6) is -2.24. The lowest BCUT2D eigenvalue weighted by molar-refractivity contribution is -0.352. The van der Waals surface area contributed by atoms with Crippen molar-refractivity contribution >= 4 is 29.4 Å². The molecule has 4 heterocycles. The first-order valence-corrected chi connectivity index (χ1v) is 23.0. The van der Waals surface area contributed by atoms with E-state index in [1.165, 1.54) is 23.8 Å². The molecule has 17 heteroatoms. The zero-order valence-electron chi connectivity index (χ0n) is 37.5. The van der Waals surface area contributed by atoms with E-state index in [9.17, 15) is 24.6 Å². The number of rotatable bonds is 11.